The van der Waals surface area contributed by atoms with Crippen LogP contribution < -0.4 is 0 Å². The molecule has 1 saturated carbocycles. The highest BCUT2D eigenvalue weighted by molar-refractivity contribution is 5.37. The van der Waals surface area contributed by atoms with Gasteiger partial charge in [-0.1, -0.05) is 31.5 Å². The van der Waals surface area contributed by atoms with Gasteiger partial charge in [-0.25, -0.2) is 0 Å². The molecule has 2 rings (SSSR count). The Morgan fingerprint density at radius 3 is 2.53 bits per heavy atom. The molecule has 1 aromatic rings. The molecular formula is C17H23NO. The van der Waals surface area contributed by atoms with E-state index in [-0.39, 0.29) is 0 Å². The van der Waals surface area contributed by atoms with Gasteiger partial charge in [0.05, 0.1) is 17.6 Å². The molecule has 19 heavy (non-hydrogen) atoms. The van der Waals surface area contributed by atoms with Crippen LogP contribution in [0.25, 0.3) is 0 Å². The topological polar surface area (TPSA) is 44.0 Å². The predicted octanol–water partition coefficient (Wildman–Crippen LogP) is 4.06. The van der Waals surface area contributed by atoms with Crippen LogP contribution in [0.5, 0.6) is 0 Å². The Balaban J connectivity index is 2.38. The summed E-state index contributed by atoms with van der Waals surface area (Å²) in [4.78, 5) is 0. The number of aryl methyl sites for hydroxylation is 2. The molecule has 0 saturated heterocycles. The summed E-state index contributed by atoms with van der Waals surface area (Å²) in [5, 5.41) is 20.5. The molecule has 102 valence electrons. The maximum atomic E-state index is 10.8. The third-order valence-corrected chi connectivity index (χ3v) is 4.79. The molecule has 1 aliphatic carbocycles. The summed E-state index contributed by atoms with van der Waals surface area (Å²) < 4.78 is 0. The number of rotatable bonds is 3. The minimum atomic E-state index is -0.657. The Morgan fingerprint density at radius 2 is 2.05 bits per heavy atom. The fourth-order valence-electron chi connectivity index (χ4n) is 3.48. The average molecular weight is 257 g/mol. The Hall–Kier alpha value is -1.33. The van der Waals surface area contributed by atoms with Crippen molar-refractivity contribution < 1.29 is 5.11 Å². The van der Waals surface area contributed by atoms with E-state index in [0.29, 0.717) is 5.92 Å². The van der Waals surface area contributed by atoms with Crippen LogP contribution >= 0.6 is 0 Å². The van der Waals surface area contributed by atoms with Crippen LogP contribution in [0, 0.1) is 36.5 Å². The molecule has 0 aliphatic heterocycles. The van der Waals surface area contributed by atoms with Crippen molar-refractivity contribution in [3.8, 4) is 6.07 Å². The zero-order valence-corrected chi connectivity index (χ0v) is 12.1. The molecule has 0 radical (unpaired) electrons. The van der Waals surface area contributed by atoms with Crippen LogP contribution in [-0.2, 0) is 0 Å². The van der Waals surface area contributed by atoms with Crippen molar-refractivity contribution in [2.75, 3.05) is 0 Å². The van der Waals surface area contributed by atoms with Gasteiger partial charge in [-0.2, -0.15) is 5.26 Å². The minimum Gasteiger partial charge on any atom is -0.387 e. The third-order valence-electron chi connectivity index (χ3n) is 4.79. The van der Waals surface area contributed by atoms with Crippen LogP contribution in [0.4, 0.5) is 0 Å². The molecule has 2 nitrogen and oxygen atoms in total. The van der Waals surface area contributed by atoms with Crippen LogP contribution in [0.15, 0.2) is 18.2 Å². The number of aliphatic hydroxyl groups excluding tert-OH is 1. The molecule has 3 unspecified atom stereocenters. The number of hydrogen-bond acceptors (Lipinski definition) is 2. The van der Waals surface area contributed by atoms with Crippen molar-refractivity contribution in [1.29, 1.82) is 5.26 Å². The van der Waals surface area contributed by atoms with Gasteiger partial charge in [0.15, 0.2) is 0 Å². The molecule has 1 aliphatic rings. The summed E-state index contributed by atoms with van der Waals surface area (Å²) in [6.07, 6.45) is 3.15. The Kier molecular flexibility index (Phi) is 3.96. The number of nitrogens with zero attached hydrogens (tertiary/aromatic N) is 1. The summed E-state index contributed by atoms with van der Waals surface area (Å²) in [5.41, 5.74) is 2.54. The molecule has 1 aromatic carbocycles. The first-order chi connectivity index (χ1) is 9.04. The van der Waals surface area contributed by atoms with E-state index in [1.54, 1.807) is 0 Å². The Bertz CT molecular complexity index is 482. The quantitative estimate of drug-likeness (QED) is 0.887. The zero-order valence-electron chi connectivity index (χ0n) is 12.1. The van der Waals surface area contributed by atoms with E-state index in [2.05, 4.69) is 13.0 Å². The fraction of sp³-hybridized carbons (Fsp3) is 0.588. The molecular weight excluding hydrogens is 234 g/mol. The molecule has 1 N–H and O–H groups in total. The molecule has 1 fully saturated rings. The van der Waals surface area contributed by atoms with Gasteiger partial charge in [-0.3, -0.25) is 0 Å². The Labute approximate surface area is 116 Å². The fourth-order valence-corrected chi connectivity index (χ4v) is 3.48. The van der Waals surface area contributed by atoms with E-state index >= 15 is 0 Å². The first-order valence-electron chi connectivity index (χ1n) is 7.19. The van der Waals surface area contributed by atoms with Crippen LogP contribution in [0.2, 0.25) is 0 Å². The average Bonchev–Trinajstić information content (AvgIpc) is 2.83. The SMILES string of the molecule is CCC1CCC(C#N)(C(O)c2c(C)cccc2C)C1. The van der Waals surface area contributed by atoms with Gasteiger partial charge in [0.25, 0.3) is 0 Å². The smallest absolute Gasteiger partial charge is 0.0981 e. The molecule has 0 spiro atoms. The zero-order chi connectivity index (χ0) is 14.0. The lowest BCUT2D eigenvalue weighted by Crippen LogP contribution is -2.26. The normalized spacial score (nSPS) is 28.1. The van der Waals surface area contributed by atoms with E-state index in [1.165, 1.54) is 0 Å². The first-order valence-corrected chi connectivity index (χ1v) is 7.19. The van der Waals surface area contributed by atoms with E-state index in [4.69, 9.17) is 0 Å². The lowest BCUT2D eigenvalue weighted by atomic mass is 9.76. The largest absolute Gasteiger partial charge is 0.387 e. The van der Waals surface area contributed by atoms with E-state index in [1.807, 2.05) is 32.0 Å². The van der Waals surface area contributed by atoms with E-state index in [9.17, 15) is 10.4 Å². The lowest BCUT2D eigenvalue weighted by Gasteiger charge is -2.30. The van der Waals surface area contributed by atoms with Gasteiger partial charge < -0.3 is 5.11 Å². The van der Waals surface area contributed by atoms with Crippen molar-refractivity contribution in [3.63, 3.8) is 0 Å². The summed E-state index contributed by atoms with van der Waals surface area (Å²) in [5.74, 6) is 0.582. The van der Waals surface area contributed by atoms with Gasteiger partial charge in [0.2, 0.25) is 0 Å². The number of benzene rings is 1. The van der Waals surface area contributed by atoms with Crippen LogP contribution in [0.3, 0.4) is 0 Å². The highest BCUT2D eigenvalue weighted by Gasteiger charge is 2.45. The number of nitriles is 1. The second-order valence-corrected chi connectivity index (χ2v) is 5.99. The summed E-state index contributed by atoms with van der Waals surface area (Å²) in [6.45, 7) is 6.20. The van der Waals surface area contributed by atoms with Gasteiger partial charge in [-0.05, 0) is 55.7 Å². The van der Waals surface area contributed by atoms with Crippen molar-refractivity contribution in [2.45, 2.75) is 52.6 Å². The molecule has 0 heterocycles. The van der Waals surface area contributed by atoms with Gasteiger partial charge in [0.1, 0.15) is 0 Å². The third kappa shape index (κ3) is 2.40. The molecule has 3 atom stereocenters. The first kappa shape index (κ1) is 14.1. The van der Waals surface area contributed by atoms with Crippen molar-refractivity contribution >= 4 is 0 Å². The van der Waals surface area contributed by atoms with Gasteiger partial charge in [0, 0.05) is 0 Å². The minimum absolute atomic E-state index is 0.582. The number of aliphatic hydroxyl groups is 1. The Morgan fingerprint density at radius 1 is 1.42 bits per heavy atom. The molecule has 2 heteroatoms. The van der Waals surface area contributed by atoms with E-state index in [0.717, 1.165) is 42.4 Å². The van der Waals surface area contributed by atoms with Crippen molar-refractivity contribution in [1.82, 2.24) is 0 Å². The van der Waals surface area contributed by atoms with Crippen molar-refractivity contribution in [2.24, 2.45) is 11.3 Å². The van der Waals surface area contributed by atoms with Gasteiger partial charge in [-0.15, -0.1) is 0 Å². The van der Waals surface area contributed by atoms with Crippen LogP contribution in [-0.4, -0.2) is 5.11 Å². The van der Waals surface area contributed by atoms with E-state index < -0.39 is 11.5 Å². The van der Waals surface area contributed by atoms with Crippen molar-refractivity contribution in [3.05, 3.63) is 34.9 Å². The highest BCUT2D eigenvalue weighted by atomic mass is 16.3. The van der Waals surface area contributed by atoms with Gasteiger partial charge >= 0.3 is 0 Å². The molecule has 0 amide bonds. The second kappa shape index (κ2) is 5.35. The maximum Gasteiger partial charge on any atom is 0.0981 e. The molecule has 0 aromatic heterocycles. The maximum absolute atomic E-state index is 10.8. The molecule has 0 bridgehead atoms. The number of hydrogen-bond donors (Lipinski definition) is 1. The monoisotopic (exact) mass is 257 g/mol. The predicted molar refractivity (Wildman–Crippen MR) is 76.6 cm³/mol. The lowest BCUT2D eigenvalue weighted by molar-refractivity contribution is 0.0630. The summed E-state index contributed by atoms with van der Waals surface area (Å²) >= 11 is 0. The standard InChI is InChI=1S/C17H23NO/c1-4-14-8-9-17(10-14,11-18)16(19)15-12(2)6-5-7-13(15)3/h5-7,14,16,19H,4,8-10H2,1-3H3. The summed E-state index contributed by atoms with van der Waals surface area (Å²) in [7, 11) is 0. The summed E-state index contributed by atoms with van der Waals surface area (Å²) in [6, 6.07) is 8.48. The highest BCUT2D eigenvalue weighted by Crippen LogP contribution is 2.51. The van der Waals surface area contributed by atoms with Crippen LogP contribution in [0.1, 0.15) is 55.4 Å². The second-order valence-electron chi connectivity index (χ2n) is 5.99.